The first-order valence-corrected chi connectivity index (χ1v) is 7.48. The first kappa shape index (κ1) is 15.2. The topological polar surface area (TPSA) is 49.9 Å². The van der Waals surface area contributed by atoms with E-state index >= 15 is 0 Å². The molecule has 1 atom stereocenters. The predicted octanol–water partition coefficient (Wildman–Crippen LogP) is 2.62. The lowest BCUT2D eigenvalue weighted by Gasteiger charge is -2.15. The van der Waals surface area contributed by atoms with Crippen molar-refractivity contribution < 1.29 is 14.4 Å². The van der Waals surface area contributed by atoms with Gasteiger partial charge in [-0.3, -0.25) is 9.63 Å². The Bertz CT molecular complexity index is 688. The molecule has 118 valence electrons. The summed E-state index contributed by atoms with van der Waals surface area (Å²) in [5.41, 5.74) is 1.91. The summed E-state index contributed by atoms with van der Waals surface area (Å²) in [5, 5.41) is 0.876. The summed E-state index contributed by atoms with van der Waals surface area (Å²) in [4.78, 5) is 31.6. The summed E-state index contributed by atoms with van der Waals surface area (Å²) in [7, 11) is 1.62. The summed E-state index contributed by atoms with van der Waals surface area (Å²) < 4.78 is 0. The maximum Gasteiger partial charge on any atom is 0.351 e. The summed E-state index contributed by atoms with van der Waals surface area (Å²) >= 11 is 0. The van der Waals surface area contributed by atoms with Crippen molar-refractivity contribution in [1.82, 2.24) is 9.96 Å². The molecule has 1 fully saturated rings. The van der Waals surface area contributed by atoms with Gasteiger partial charge in [-0.1, -0.05) is 60.7 Å². The van der Waals surface area contributed by atoms with Gasteiger partial charge in [-0.05, 0) is 11.1 Å². The zero-order valence-electron chi connectivity index (χ0n) is 12.9. The summed E-state index contributed by atoms with van der Waals surface area (Å²) in [6, 6.07) is 18.1. The molecule has 2 aromatic carbocycles. The SMILES string of the molecule is CN1C(=O)N(OCc2ccccc2)C(=O)[C@@H]1Cc1ccccc1. The average molecular weight is 310 g/mol. The van der Waals surface area contributed by atoms with Crippen molar-refractivity contribution in [3.63, 3.8) is 0 Å². The zero-order valence-corrected chi connectivity index (χ0v) is 12.9. The molecule has 3 amide bonds. The van der Waals surface area contributed by atoms with Gasteiger partial charge >= 0.3 is 6.03 Å². The summed E-state index contributed by atoms with van der Waals surface area (Å²) in [6.07, 6.45) is 0.479. The number of rotatable bonds is 5. The molecule has 23 heavy (non-hydrogen) atoms. The first-order chi connectivity index (χ1) is 11.2. The van der Waals surface area contributed by atoms with E-state index in [-0.39, 0.29) is 12.5 Å². The van der Waals surface area contributed by atoms with Crippen LogP contribution >= 0.6 is 0 Å². The highest BCUT2D eigenvalue weighted by molar-refractivity contribution is 6.03. The normalized spacial score (nSPS) is 17.9. The molecule has 0 spiro atoms. The number of nitrogens with zero attached hydrogens (tertiary/aromatic N) is 2. The Morgan fingerprint density at radius 1 is 0.913 bits per heavy atom. The molecule has 0 aromatic heterocycles. The van der Waals surface area contributed by atoms with Crippen molar-refractivity contribution in [2.24, 2.45) is 0 Å². The minimum Gasteiger partial charge on any atom is -0.313 e. The number of carbonyl (C=O) groups is 2. The van der Waals surface area contributed by atoms with E-state index in [2.05, 4.69) is 0 Å². The van der Waals surface area contributed by atoms with E-state index < -0.39 is 12.1 Å². The molecule has 1 aliphatic rings. The number of imide groups is 1. The van der Waals surface area contributed by atoms with Crippen molar-refractivity contribution >= 4 is 11.9 Å². The van der Waals surface area contributed by atoms with Gasteiger partial charge in [0.15, 0.2) is 0 Å². The number of hydrogen-bond donors (Lipinski definition) is 0. The number of urea groups is 1. The highest BCUT2D eigenvalue weighted by Crippen LogP contribution is 2.20. The number of amides is 3. The van der Waals surface area contributed by atoms with E-state index in [0.29, 0.717) is 6.42 Å². The fourth-order valence-electron chi connectivity index (χ4n) is 2.57. The maximum absolute atomic E-state index is 12.5. The van der Waals surface area contributed by atoms with Crippen molar-refractivity contribution in [1.29, 1.82) is 0 Å². The largest absolute Gasteiger partial charge is 0.351 e. The Kier molecular flexibility index (Phi) is 4.39. The summed E-state index contributed by atoms with van der Waals surface area (Å²) in [6.45, 7) is 0.185. The molecule has 0 radical (unpaired) electrons. The molecule has 3 rings (SSSR count). The van der Waals surface area contributed by atoms with Crippen LogP contribution in [0.4, 0.5) is 4.79 Å². The van der Waals surface area contributed by atoms with Gasteiger partial charge in [-0.15, -0.1) is 5.06 Å². The van der Waals surface area contributed by atoms with E-state index in [4.69, 9.17) is 4.84 Å². The third kappa shape index (κ3) is 3.24. The van der Waals surface area contributed by atoms with Crippen molar-refractivity contribution in [2.75, 3.05) is 7.05 Å². The second-order valence-electron chi connectivity index (χ2n) is 5.49. The highest BCUT2D eigenvalue weighted by atomic mass is 16.7. The van der Waals surface area contributed by atoms with Crippen LogP contribution in [0.5, 0.6) is 0 Å². The molecule has 0 unspecified atom stereocenters. The Morgan fingerprint density at radius 3 is 2.09 bits per heavy atom. The van der Waals surface area contributed by atoms with Gasteiger partial charge in [-0.25, -0.2) is 4.79 Å². The molecule has 5 nitrogen and oxygen atoms in total. The summed E-state index contributed by atoms with van der Waals surface area (Å²) in [5.74, 6) is -0.322. The minimum atomic E-state index is -0.527. The number of hydroxylamine groups is 2. The second-order valence-corrected chi connectivity index (χ2v) is 5.49. The molecule has 0 aliphatic carbocycles. The highest BCUT2D eigenvalue weighted by Gasteiger charge is 2.44. The standard InChI is InChI=1S/C18H18N2O3/c1-19-16(12-14-8-4-2-5-9-14)17(21)20(18(19)22)23-13-15-10-6-3-7-11-15/h2-11,16H,12-13H2,1H3/t16-/m0/s1. The smallest absolute Gasteiger partial charge is 0.313 e. The molecule has 1 saturated heterocycles. The van der Waals surface area contributed by atoms with E-state index in [0.717, 1.165) is 16.2 Å². The average Bonchev–Trinajstić information content (AvgIpc) is 2.79. The molecule has 0 bridgehead atoms. The Labute approximate surface area is 135 Å². The van der Waals surface area contributed by atoms with Gasteiger partial charge in [0.05, 0.1) is 0 Å². The van der Waals surface area contributed by atoms with Gasteiger partial charge < -0.3 is 4.90 Å². The molecule has 2 aromatic rings. The molecule has 0 N–H and O–H groups in total. The van der Waals surface area contributed by atoms with Crippen LogP contribution in [0.25, 0.3) is 0 Å². The van der Waals surface area contributed by atoms with Crippen molar-refractivity contribution in [3.8, 4) is 0 Å². The van der Waals surface area contributed by atoms with Gasteiger partial charge in [0.25, 0.3) is 5.91 Å². The first-order valence-electron chi connectivity index (χ1n) is 7.48. The van der Waals surface area contributed by atoms with Crippen LogP contribution in [0.1, 0.15) is 11.1 Å². The Morgan fingerprint density at radius 2 is 1.48 bits per heavy atom. The third-order valence-electron chi connectivity index (χ3n) is 3.90. The molecule has 5 heteroatoms. The lowest BCUT2D eigenvalue weighted by Crippen LogP contribution is -2.33. The van der Waals surface area contributed by atoms with Crippen LogP contribution in [0.2, 0.25) is 0 Å². The predicted molar refractivity (Wildman–Crippen MR) is 85.2 cm³/mol. The fourth-order valence-corrected chi connectivity index (χ4v) is 2.57. The monoisotopic (exact) mass is 310 g/mol. The third-order valence-corrected chi connectivity index (χ3v) is 3.90. The molecule has 0 saturated carbocycles. The van der Waals surface area contributed by atoms with Crippen LogP contribution in [0.3, 0.4) is 0 Å². The van der Waals surface area contributed by atoms with Crippen LogP contribution < -0.4 is 0 Å². The van der Waals surface area contributed by atoms with Crippen LogP contribution in [0, 0.1) is 0 Å². The van der Waals surface area contributed by atoms with Crippen LogP contribution in [-0.4, -0.2) is 35.0 Å². The Hall–Kier alpha value is -2.66. The molecule has 1 heterocycles. The molecular weight excluding hydrogens is 292 g/mol. The van der Waals surface area contributed by atoms with Gasteiger partial charge in [0.2, 0.25) is 0 Å². The van der Waals surface area contributed by atoms with E-state index in [9.17, 15) is 9.59 Å². The van der Waals surface area contributed by atoms with Crippen molar-refractivity contribution in [3.05, 3.63) is 71.8 Å². The lowest BCUT2D eigenvalue weighted by atomic mass is 10.1. The number of likely N-dealkylation sites (N-methyl/N-ethyl adjacent to an activating group) is 1. The lowest BCUT2D eigenvalue weighted by molar-refractivity contribution is -0.167. The minimum absolute atomic E-state index is 0.185. The second kappa shape index (κ2) is 6.62. The van der Waals surface area contributed by atoms with Crippen LogP contribution in [0.15, 0.2) is 60.7 Å². The molecular formula is C18H18N2O3. The number of benzene rings is 2. The van der Waals surface area contributed by atoms with E-state index in [1.54, 1.807) is 7.05 Å². The van der Waals surface area contributed by atoms with Gasteiger partial charge in [-0.2, -0.15) is 0 Å². The fraction of sp³-hybridized carbons (Fsp3) is 0.222. The zero-order chi connectivity index (χ0) is 16.2. The van der Waals surface area contributed by atoms with Crippen LogP contribution in [-0.2, 0) is 22.7 Å². The number of hydrogen-bond acceptors (Lipinski definition) is 3. The quantitative estimate of drug-likeness (QED) is 0.798. The van der Waals surface area contributed by atoms with E-state index in [1.165, 1.54) is 4.90 Å². The van der Waals surface area contributed by atoms with E-state index in [1.807, 2.05) is 60.7 Å². The van der Waals surface area contributed by atoms with Gasteiger partial charge in [0.1, 0.15) is 12.6 Å². The molecule has 1 aliphatic heterocycles. The number of carbonyl (C=O) groups excluding carboxylic acids is 2. The maximum atomic E-state index is 12.5. The van der Waals surface area contributed by atoms with Gasteiger partial charge in [0, 0.05) is 13.5 Å². The van der Waals surface area contributed by atoms with Crippen molar-refractivity contribution in [2.45, 2.75) is 19.1 Å². The Balaban J connectivity index is 1.68.